The fourth-order valence-electron chi connectivity index (χ4n) is 8.11. The standard InChI is InChI=1S/C34H40ClN3O6S/c1-21-5-3-14-34(18-36-32(40)44-34)28-10-7-25(28)17-38-19-33(13-4-6-23-15-26(35)9-11-27(23)33)20-43-30-12-8-24(16-29(30)38)31(39)37-45(41,42)22(21)2/h3,8-9,11-12,14-16,21-22,25,28H,4-7,10,13,17-20H2,1-2H3,(H,36,40)(H,37,39)/b14-3+/t21?,22-,25+,28-,33+,34+/m1/s1. The number of anilines is 1. The minimum absolute atomic E-state index is 0.0876. The molecule has 11 heteroatoms. The monoisotopic (exact) mass is 653 g/mol. The molecule has 45 heavy (non-hydrogen) atoms. The number of hydrogen-bond acceptors (Lipinski definition) is 7. The van der Waals surface area contributed by atoms with Gasteiger partial charge in [0.25, 0.3) is 5.91 Å². The van der Waals surface area contributed by atoms with Gasteiger partial charge in [-0.3, -0.25) is 4.79 Å². The molecule has 5 aliphatic rings. The summed E-state index contributed by atoms with van der Waals surface area (Å²) in [6, 6.07) is 11.3. The van der Waals surface area contributed by atoms with E-state index in [-0.39, 0.29) is 28.7 Å². The molecule has 6 atom stereocenters. The Morgan fingerprint density at radius 2 is 1.93 bits per heavy atom. The van der Waals surface area contributed by atoms with Crippen molar-refractivity contribution < 1.29 is 27.5 Å². The fourth-order valence-corrected chi connectivity index (χ4v) is 9.59. The minimum atomic E-state index is -3.97. The molecule has 1 saturated carbocycles. The van der Waals surface area contributed by atoms with Gasteiger partial charge in [-0.05, 0) is 105 Å². The van der Waals surface area contributed by atoms with Crippen molar-refractivity contribution in [1.82, 2.24) is 10.0 Å². The zero-order valence-corrected chi connectivity index (χ0v) is 27.3. The van der Waals surface area contributed by atoms with E-state index in [1.807, 2.05) is 25.1 Å². The Labute approximate surface area is 269 Å². The molecule has 9 nitrogen and oxygen atoms in total. The van der Waals surface area contributed by atoms with Gasteiger partial charge in [-0.25, -0.2) is 17.9 Å². The van der Waals surface area contributed by atoms with Gasteiger partial charge < -0.3 is 19.7 Å². The second-order valence-electron chi connectivity index (χ2n) is 13.7. The van der Waals surface area contributed by atoms with Crippen LogP contribution in [-0.2, 0) is 26.6 Å². The van der Waals surface area contributed by atoms with Crippen molar-refractivity contribution in [2.45, 2.75) is 68.6 Å². The number of aryl methyl sites for hydroxylation is 1. The van der Waals surface area contributed by atoms with Gasteiger partial charge in [0.1, 0.15) is 5.75 Å². The van der Waals surface area contributed by atoms with Crippen molar-refractivity contribution in [3.8, 4) is 5.75 Å². The molecule has 2 fully saturated rings. The highest BCUT2D eigenvalue weighted by Gasteiger charge is 2.53. The van der Waals surface area contributed by atoms with Crippen molar-refractivity contribution in [1.29, 1.82) is 0 Å². The lowest BCUT2D eigenvalue weighted by atomic mass is 9.64. The van der Waals surface area contributed by atoms with Crippen LogP contribution < -0.4 is 19.7 Å². The summed E-state index contributed by atoms with van der Waals surface area (Å²) in [5.74, 6) is 0.0415. The first-order chi connectivity index (χ1) is 21.5. The molecule has 1 unspecified atom stereocenters. The predicted molar refractivity (Wildman–Crippen MR) is 172 cm³/mol. The number of rotatable bonds is 0. The van der Waals surface area contributed by atoms with Gasteiger partial charge in [-0.1, -0.05) is 30.7 Å². The third kappa shape index (κ3) is 5.37. The van der Waals surface area contributed by atoms with Crippen molar-refractivity contribution >= 4 is 39.3 Å². The van der Waals surface area contributed by atoms with E-state index in [2.05, 4.69) is 27.1 Å². The maximum atomic E-state index is 13.4. The molecule has 2 aliphatic carbocycles. The highest BCUT2D eigenvalue weighted by molar-refractivity contribution is 7.90. The van der Waals surface area contributed by atoms with Crippen molar-refractivity contribution in [2.24, 2.45) is 17.8 Å². The van der Waals surface area contributed by atoms with Crippen LogP contribution in [0.3, 0.4) is 0 Å². The van der Waals surface area contributed by atoms with E-state index in [1.165, 1.54) is 11.1 Å². The van der Waals surface area contributed by atoms with E-state index >= 15 is 0 Å². The quantitative estimate of drug-likeness (QED) is 0.368. The molecule has 2 bridgehead atoms. The third-order valence-electron chi connectivity index (χ3n) is 11.0. The highest BCUT2D eigenvalue weighted by atomic mass is 35.5. The number of hydrogen-bond donors (Lipinski definition) is 2. The Morgan fingerprint density at radius 1 is 1.09 bits per heavy atom. The van der Waals surface area contributed by atoms with Crippen LogP contribution in [0.4, 0.5) is 10.5 Å². The normalized spacial score (nSPS) is 34.7. The number of nitrogens with zero attached hydrogens (tertiary/aromatic N) is 1. The summed E-state index contributed by atoms with van der Waals surface area (Å²) in [4.78, 5) is 28.2. The molecule has 3 heterocycles. The molecule has 2 N–H and O–H groups in total. The summed E-state index contributed by atoms with van der Waals surface area (Å²) >= 11 is 6.42. The first-order valence-electron chi connectivity index (χ1n) is 16.0. The van der Waals surface area contributed by atoms with E-state index in [9.17, 15) is 18.0 Å². The second kappa shape index (κ2) is 11.2. The predicted octanol–water partition coefficient (Wildman–Crippen LogP) is 5.36. The number of allylic oxidation sites excluding steroid dienone is 1. The van der Waals surface area contributed by atoms with Gasteiger partial charge in [0.05, 0.1) is 24.1 Å². The number of nitrogens with one attached hydrogen (secondary N) is 2. The molecule has 2 aromatic rings. The molecule has 1 saturated heterocycles. The van der Waals surface area contributed by atoms with Gasteiger partial charge in [0.15, 0.2) is 5.60 Å². The van der Waals surface area contributed by atoms with Crippen LogP contribution in [0.1, 0.15) is 67.4 Å². The van der Waals surface area contributed by atoms with E-state index in [1.54, 1.807) is 25.1 Å². The Kier molecular flexibility index (Phi) is 7.59. The SMILES string of the molecule is CC1C/C=C/[C@]2(CNC(=O)O2)[C@@H]2CC[C@H]2CN2C[C@@]3(CCCc4cc(Cl)ccc43)COc3ccc(cc32)C(=O)NS(=O)(=O)[C@@H]1C. The smallest absolute Gasteiger partial charge is 0.408 e. The second-order valence-corrected chi connectivity index (χ2v) is 16.2. The molecule has 0 radical (unpaired) electrons. The number of benzene rings is 2. The molecule has 2 amide bonds. The minimum Gasteiger partial charge on any atom is -0.490 e. The Balaban J connectivity index is 1.33. The maximum Gasteiger partial charge on any atom is 0.408 e. The van der Waals surface area contributed by atoms with Crippen molar-refractivity contribution in [3.05, 3.63) is 70.3 Å². The molecule has 2 spiro atoms. The number of carbonyl (C=O) groups excluding carboxylic acids is 2. The average molecular weight is 654 g/mol. The summed E-state index contributed by atoms with van der Waals surface area (Å²) in [6.07, 6.45) is 8.74. The summed E-state index contributed by atoms with van der Waals surface area (Å²) in [7, 11) is -3.97. The number of alkyl carbamates (subject to hydrolysis) is 1. The van der Waals surface area contributed by atoms with Crippen LogP contribution in [0, 0.1) is 17.8 Å². The van der Waals surface area contributed by atoms with E-state index in [0.717, 1.165) is 42.8 Å². The van der Waals surface area contributed by atoms with Crippen LogP contribution >= 0.6 is 11.6 Å². The van der Waals surface area contributed by atoms with Crippen LogP contribution in [-0.4, -0.2) is 57.5 Å². The molecule has 0 aromatic heterocycles. The molecular weight excluding hydrogens is 614 g/mol. The zero-order chi connectivity index (χ0) is 31.6. The van der Waals surface area contributed by atoms with Crippen molar-refractivity contribution in [3.63, 3.8) is 0 Å². The van der Waals surface area contributed by atoms with Crippen LogP contribution in [0.15, 0.2) is 48.6 Å². The number of halogens is 1. The van der Waals surface area contributed by atoms with E-state index in [4.69, 9.17) is 21.1 Å². The number of ether oxygens (including phenoxy) is 2. The number of amides is 2. The number of sulfonamides is 1. The van der Waals surface area contributed by atoms with Crippen molar-refractivity contribution in [2.75, 3.05) is 31.1 Å². The lowest BCUT2D eigenvalue weighted by Crippen LogP contribution is -2.53. The lowest BCUT2D eigenvalue weighted by molar-refractivity contribution is -0.0241. The average Bonchev–Trinajstić information content (AvgIpc) is 3.28. The zero-order valence-electron chi connectivity index (χ0n) is 25.7. The lowest BCUT2D eigenvalue weighted by Gasteiger charge is -2.48. The molecule has 2 aromatic carbocycles. The van der Waals surface area contributed by atoms with Gasteiger partial charge in [0, 0.05) is 35.0 Å². The largest absolute Gasteiger partial charge is 0.490 e. The fraction of sp³-hybridized carbons (Fsp3) is 0.529. The third-order valence-corrected chi connectivity index (χ3v) is 13.2. The molecular formula is C34H40ClN3O6S. The number of carbonyl (C=O) groups is 2. The molecule has 7 rings (SSSR count). The summed E-state index contributed by atoms with van der Waals surface area (Å²) in [5, 5.41) is 2.78. The first-order valence-corrected chi connectivity index (χ1v) is 17.9. The maximum absolute atomic E-state index is 13.4. The Bertz CT molecular complexity index is 1680. The number of fused-ring (bicyclic) bond motifs is 5. The van der Waals surface area contributed by atoms with Gasteiger partial charge in [-0.15, -0.1) is 0 Å². The topological polar surface area (TPSA) is 114 Å². The molecule has 240 valence electrons. The van der Waals surface area contributed by atoms with Gasteiger partial charge >= 0.3 is 6.09 Å². The van der Waals surface area contributed by atoms with E-state index in [0.29, 0.717) is 38.4 Å². The van der Waals surface area contributed by atoms with Crippen LogP contribution in [0.5, 0.6) is 5.75 Å². The summed E-state index contributed by atoms with van der Waals surface area (Å²) in [5.41, 5.74) is 2.41. The summed E-state index contributed by atoms with van der Waals surface area (Å²) < 4.78 is 41.6. The Hall–Kier alpha value is -3.24. The molecule has 3 aliphatic heterocycles. The van der Waals surface area contributed by atoms with Gasteiger partial charge in [-0.2, -0.15) is 0 Å². The van der Waals surface area contributed by atoms with Crippen LogP contribution in [0.2, 0.25) is 5.02 Å². The summed E-state index contributed by atoms with van der Waals surface area (Å²) in [6.45, 7) is 5.66. The van der Waals surface area contributed by atoms with Gasteiger partial charge in [0.2, 0.25) is 10.0 Å². The Morgan fingerprint density at radius 3 is 2.69 bits per heavy atom. The highest BCUT2D eigenvalue weighted by Crippen LogP contribution is 2.49. The van der Waals surface area contributed by atoms with Crippen LogP contribution in [0.25, 0.3) is 0 Å². The first kappa shape index (κ1) is 30.4. The van der Waals surface area contributed by atoms with E-state index < -0.39 is 32.9 Å².